The molecule has 2 aliphatic heterocycles. The zero-order valence-electron chi connectivity index (χ0n) is 9.87. The molecule has 0 aromatic carbocycles. The number of hydrogen-bond donors (Lipinski definition) is 1. The Morgan fingerprint density at radius 1 is 1.27 bits per heavy atom. The van der Waals surface area contributed by atoms with Gasteiger partial charge in [0, 0.05) is 25.7 Å². The van der Waals surface area contributed by atoms with Crippen LogP contribution in [0.1, 0.15) is 32.6 Å². The van der Waals surface area contributed by atoms with Crippen molar-refractivity contribution in [2.45, 2.75) is 44.8 Å². The highest BCUT2D eigenvalue weighted by Crippen LogP contribution is 2.12. The van der Waals surface area contributed by atoms with E-state index < -0.39 is 0 Å². The lowest BCUT2D eigenvalue weighted by Gasteiger charge is -2.27. The van der Waals surface area contributed by atoms with Crippen molar-refractivity contribution in [1.29, 1.82) is 0 Å². The number of piperidine rings is 1. The molecule has 1 N–H and O–H groups in total. The quantitative estimate of drug-likeness (QED) is 0.759. The first-order valence-electron chi connectivity index (χ1n) is 6.43. The number of rotatable bonds is 4. The zero-order chi connectivity index (χ0) is 10.5. The Morgan fingerprint density at radius 3 is 2.73 bits per heavy atom. The average molecular weight is 212 g/mol. The molecule has 0 radical (unpaired) electrons. The van der Waals surface area contributed by atoms with Crippen molar-refractivity contribution in [1.82, 2.24) is 10.2 Å². The van der Waals surface area contributed by atoms with E-state index in [-0.39, 0.29) is 0 Å². The fourth-order valence-corrected chi connectivity index (χ4v) is 2.59. The Morgan fingerprint density at radius 2 is 2.07 bits per heavy atom. The minimum atomic E-state index is 0.409. The van der Waals surface area contributed by atoms with Crippen molar-refractivity contribution in [3.63, 3.8) is 0 Å². The minimum absolute atomic E-state index is 0.409. The molecule has 2 atom stereocenters. The molecule has 0 aromatic rings. The lowest BCUT2D eigenvalue weighted by Crippen LogP contribution is -2.41. The maximum absolute atomic E-state index is 5.53. The van der Waals surface area contributed by atoms with Crippen molar-refractivity contribution in [3.05, 3.63) is 0 Å². The van der Waals surface area contributed by atoms with Crippen LogP contribution in [0.4, 0.5) is 0 Å². The van der Waals surface area contributed by atoms with E-state index in [2.05, 4.69) is 17.1 Å². The maximum Gasteiger partial charge on any atom is 0.0700 e. The standard InChI is InChI=1S/C12H24N2O/c1-11-12(5-10-15-11)13-6-9-14-7-3-2-4-8-14/h11-13H,2-10H2,1H3/t11-,12-/m0/s1. The molecule has 0 amide bonds. The Balaban J connectivity index is 1.57. The van der Waals surface area contributed by atoms with Crippen LogP contribution < -0.4 is 5.32 Å². The summed E-state index contributed by atoms with van der Waals surface area (Å²) in [6.07, 6.45) is 5.80. The molecule has 88 valence electrons. The van der Waals surface area contributed by atoms with Crippen LogP contribution in [0.15, 0.2) is 0 Å². The SMILES string of the molecule is C[C@@H]1OCC[C@@H]1NCCN1CCCCC1. The molecule has 3 nitrogen and oxygen atoms in total. The van der Waals surface area contributed by atoms with E-state index in [1.165, 1.54) is 45.3 Å². The predicted molar refractivity (Wildman–Crippen MR) is 62.1 cm³/mol. The van der Waals surface area contributed by atoms with Gasteiger partial charge in [0.15, 0.2) is 0 Å². The topological polar surface area (TPSA) is 24.5 Å². The van der Waals surface area contributed by atoms with Gasteiger partial charge in [-0.15, -0.1) is 0 Å². The summed E-state index contributed by atoms with van der Waals surface area (Å²) >= 11 is 0. The number of hydrogen-bond acceptors (Lipinski definition) is 3. The molecule has 2 rings (SSSR count). The summed E-state index contributed by atoms with van der Waals surface area (Å²) in [5.74, 6) is 0. The summed E-state index contributed by atoms with van der Waals surface area (Å²) in [6, 6.07) is 0.592. The summed E-state index contributed by atoms with van der Waals surface area (Å²) in [6.45, 7) is 8.05. The second kappa shape index (κ2) is 5.83. The van der Waals surface area contributed by atoms with E-state index in [0.717, 1.165) is 13.2 Å². The number of nitrogens with one attached hydrogen (secondary N) is 1. The second-order valence-corrected chi connectivity index (χ2v) is 4.83. The lowest BCUT2D eigenvalue weighted by molar-refractivity contribution is 0.112. The van der Waals surface area contributed by atoms with E-state index >= 15 is 0 Å². The highest BCUT2D eigenvalue weighted by atomic mass is 16.5. The van der Waals surface area contributed by atoms with Gasteiger partial charge in [-0.1, -0.05) is 6.42 Å². The van der Waals surface area contributed by atoms with Gasteiger partial charge in [0.2, 0.25) is 0 Å². The first-order chi connectivity index (χ1) is 7.36. The highest BCUT2D eigenvalue weighted by Gasteiger charge is 2.23. The number of likely N-dealkylation sites (tertiary alicyclic amines) is 1. The van der Waals surface area contributed by atoms with Crippen molar-refractivity contribution in [3.8, 4) is 0 Å². The van der Waals surface area contributed by atoms with Crippen molar-refractivity contribution in [2.24, 2.45) is 0 Å². The molecule has 0 unspecified atom stereocenters. The normalized spacial score (nSPS) is 33.4. The fraction of sp³-hybridized carbons (Fsp3) is 1.00. The van der Waals surface area contributed by atoms with Crippen LogP contribution in [-0.4, -0.2) is 49.8 Å². The van der Waals surface area contributed by atoms with E-state index in [1.807, 2.05) is 0 Å². The van der Waals surface area contributed by atoms with Crippen LogP contribution in [0, 0.1) is 0 Å². The van der Waals surface area contributed by atoms with Gasteiger partial charge in [0.05, 0.1) is 6.10 Å². The molecular weight excluding hydrogens is 188 g/mol. The largest absolute Gasteiger partial charge is 0.377 e. The fourth-order valence-electron chi connectivity index (χ4n) is 2.59. The van der Waals surface area contributed by atoms with Crippen LogP contribution in [0.5, 0.6) is 0 Å². The Labute approximate surface area is 93.2 Å². The smallest absolute Gasteiger partial charge is 0.0700 e. The third-order valence-corrected chi connectivity index (χ3v) is 3.66. The van der Waals surface area contributed by atoms with Gasteiger partial charge < -0.3 is 15.0 Å². The van der Waals surface area contributed by atoms with Gasteiger partial charge >= 0.3 is 0 Å². The van der Waals surface area contributed by atoms with Gasteiger partial charge in [-0.3, -0.25) is 0 Å². The van der Waals surface area contributed by atoms with E-state index in [4.69, 9.17) is 4.74 Å². The van der Waals surface area contributed by atoms with Crippen LogP contribution in [-0.2, 0) is 4.74 Å². The minimum Gasteiger partial charge on any atom is -0.377 e. The third-order valence-electron chi connectivity index (χ3n) is 3.66. The van der Waals surface area contributed by atoms with Gasteiger partial charge in [-0.25, -0.2) is 0 Å². The van der Waals surface area contributed by atoms with Crippen LogP contribution >= 0.6 is 0 Å². The molecule has 2 saturated heterocycles. The van der Waals surface area contributed by atoms with Gasteiger partial charge in [0.1, 0.15) is 0 Å². The Hall–Kier alpha value is -0.120. The van der Waals surface area contributed by atoms with Crippen molar-refractivity contribution < 1.29 is 4.74 Å². The molecule has 15 heavy (non-hydrogen) atoms. The molecule has 3 heteroatoms. The number of ether oxygens (including phenoxy) is 1. The summed E-state index contributed by atoms with van der Waals surface area (Å²) in [5.41, 5.74) is 0. The molecule has 0 aliphatic carbocycles. The molecule has 2 fully saturated rings. The summed E-state index contributed by atoms with van der Waals surface area (Å²) in [5, 5.41) is 3.61. The third kappa shape index (κ3) is 3.44. The molecule has 2 heterocycles. The molecular formula is C12H24N2O. The maximum atomic E-state index is 5.53. The average Bonchev–Trinajstić information content (AvgIpc) is 2.66. The second-order valence-electron chi connectivity index (χ2n) is 4.83. The highest BCUT2D eigenvalue weighted by molar-refractivity contribution is 4.79. The molecule has 0 spiro atoms. The first kappa shape index (κ1) is 11.4. The van der Waals surface area contributed by atoms with Crippen LogP contribution in [0.25, 0.3) is 0 Å². The Kier molecular flexibility index (Phi) is 4.42. The first-order valence-corrected chi connectivity index (χ1v) is 6.43. The van der Waals surface area contributed by atoms with E-state index in [1.54, 1.807) is 0 Å². The Bertz CT molecular complexity index is 180. The summed E-state index contributed by atoms with van der Waals surface area (Å²) in [7, 11) is 0. The van der Waals surface area contributed by atoms with E-state index in [9.17, 15) is 0 Å². The lowest BCUT2D eigenvalue weighted by atomic mass is 10.1. The molecule has 2 aliphatic rings. The molecule has 0 aromatic heterocycles. The van der Waals surface area contributed by atoms with Gasteiger partial charge in [-0.05, 0) is 39.3 Å². The molecule has 0 bridgehead atoms. The van der Waals surface area contributed by atoms with E-state index in [0.29, 0.717) is 12.1 Å². The monoisotopic (exact) mass is 212 g/mol. The van der Waals surface area contributed by atoms with Crippen LogP contribution in [0.3, 0.4) is 0 Å². The zero-order valence-corrected chi connectivity index (χ0v) is 9.87. The van der Waals surface area contributed by atoms with Crippen LogP contribution in [0.2, 0.25) is 0 Å². The number of nitrogens with zero attached hydrogens (tertiary/aromatic N) is 1. The molecule has 0 saturated carbocycles. The van der Waals surface area contributed by atoms with Crippen molar-refractivity contribution in [2.75, 3.05) is 32.8 Å². The summed E-state index contributed by atoms with van der Waals surface area (Å²) < 4.78 is 5.53. The van der Waals surface area contributed by atoms with Gasteiger partial charge in [-0.2, -0.15) is 0 Å². The van der Waals surface area contributed by atoms with Gasteiger partial charge in [0.25, 0.3) is 0 Å². The summed E-state index contributed by atoms with van der Waals surface area (Å²) in [4.78, 5) is 2.58. The van der Waals surface area contributed by atoms with Crippen molar-refractivity contribution >= 4 is 0 Å². The predicted octanol–water partition coefficient (Wildman–Crippen LogP) is 1.24.